The Kier molecular flexibility index (Phi) is 7.91. The van der Waals surface area contributed by atoms with Crippen LogP contribution in [0.4, 0.5) is 0 Å². The Morgan fingerprint density at radius 2 is 2.24 bits per heavy atom. The maximum atomic E-state index is 11.5. The van der Waals surface area contributed by atoms with Gasteiger partial charge in [0, 0.05) is 6.42 Å². The number of carbonyl (C=O) groups is 2. The fraction of sp³-hybridized carbons (Fsp3) is 0.818. The Hall–Kier alpha value is -0.810. The van der Waals surface area contributed by atoms with Crippen molar-refractivity contribution in [2.75, 3.05) is 19.6 Å². The summed E-state index contributed by atoms with van der Waals surface area (Å²) in [6.07, 6.45) is 2.83. The van der Waals surface area contributed by atoms with Gasteiger partial charge in [0.1, 0.15) is 0 Å². The van der Waals surface area contributed by atoms with Crippen molar-refractivity contribution in [2.24, 2.45) is 17.6 Å². The number of amides is 2. The van der Waals surface area contributed by atoms with Gasteiger partial charge in [-0.3, -0.25) is 9.59 Å². The predicted octanol–water partition coefficient (Wildman–Crippen LogP) is 0.0355. The standard InChI is InChI=1S/C11H21N3O2.ClH/c1-8(9-3-2-4-13-6-9)5-11(16)14-7-10(12)15;/h8-9,13H,2-7H2,1H3,(H2,12,15)(H,14,16);1H. The van der Waals surface area contributed by atoms with Crippen molar-refractivity contribution < 1.29 is 9.59 Å². The summed E-state index contributed by atoms with van der Waals surface area (Å²) in [5.41, 5.74) is 4.95. The van der Waals surface area contributed by atoms with Crippen molar-refractivity contribution in [3.8, 4) is 0 Å². The molecule has 1 saturated heterocycles. The minimum Gasteiger partial charge on any atom is -0.368 e. The maximum absolute atomic E-state index is 11.5. The fourth-order valence-electron chi connectivity index (χ4n) is 2.08. The van der Waals surface area contributed by atoms with Crippen LogP contribution in [0.25, 0.3) is 0 Å². The highest BCUT2D eigenvalue weighted by molar-refractivity contribution is 5.85. The molecule has 17 heavy (non-hydrogen) atoms. The molecule has 0 aromatic heterocycles. The van der Waals surface area contributed by atoms with E-state index in [-0.39, 0.29) is 24.9 Å². The summed E-state index contributed by atoms with van der Waals surface area (Å²) in [7, 11) is 0. The summed E-state index contributed by atoms with van der Waals surface area (Å²) < 4.78 is 0. The van der Waals surface area contributed by atoms with Crippen molar-refractivity contribution >= 4 is 24.2 Å². The van der Waals surface area contributed by atoms with Gasteiger partial charge in [-0.15, -0.1) is 12.4 Å². The van der Waals surface area contributed by atoms with Gasteiger partial charge in [-0.05, 0) is 37.8 Å². The second kappa shape index (κ2) is 8.31. The van der Waals surface area contributed by atoms with Crippen molar-refractivity contribution in [3.05, 3.63) is 0 Å². The van der Waals surface area contributed by atoms with E-state index in [2.05, 4.69) is 17.6 Å². The summed E-state index contributed by atoms with van der Waals surface area (Å²) in [4.78, 5) is 21.9. The van der Waals surface area contributed by atoms with Gasteiger partial charge in [0.25, 0.3) is 0 Å². The van der Waals surface area contributed by atoms with Crippen LogP contribution in [0, 0.1) is 11.8 Å². The van der Waals surface area contributed by atoms with E-state index >= 15 is 0 Å². The second-order valence-corrected chi connectivity index (χ2v) is 4.53. The third kappa shape index (κ3) is 6.48. The molecule has 0 spiro atoms. The molecule has 0 radical (unpaired) electrons. The molecule has 1 rings (SSSR count). The van der Waals surface area contributed by atoms with Gasteiger partial charge in [0.05, 0.1) is 6.54 Å². The SMILES string of the molecule is CC(CC(=O)NCC(N)=O)C1CCCNC1.Cl. The van der Waals surface area contributed by atoms with E-state index in [1.807, 2.05) is 0 Å². The number of rotatable bonds is 5. The third-order valence-electron chi connectivity index (χ3n) is 3.11. The lowest BCUT2D eigenvalue weighted by Gasteiger charge is -2.27. The molecule has 1 aliphatic rings. The smallest absolute Gasteiger partial charge is 0.236 e. The number of hydrogen-bond donors (Lipinski definition) is 3. The van der Waals surface area contributed by atoms with Gasteiger partial charge in [-0.2, -0.15) is 0 Å². The molecule has 2 atom stereocenters. The zero-order valence-corrected chi connectivity index (χ0v) is 11.0. The molecule has 0 aromatic rings. The van der Waals surface area contributed by atoms with E-state index in [1.54, 1.807) is 0 Å². The Morgan fingerprint density at radius 3 is 2.76 bits per heavy atom. The maximum Gasteiger partial charge on any atom is 0.236 e. The number of carbonyl (C=O) groups excluding carboxylic acids is 2. The summed E-state index contributed by atoms with van der Waals surface area (Å²) in [6.45, 7) is 4.09. The highest BCUT2D eigenvalue weighted by Gasteiger charge is 2.21. The van der Waals surface area contributed by atoms with E-state index in [1.165, 1.54) is 12.8 Å². The van der Waals surface area contributed by atoms with E-state index < -0.39 is 5.91 Å². The molecule has 1 heterocycles. The van der Waals surface area contributed by atoms with Gasteiger partial charge in [-0.25, -0.2) is 0 Å². The number of nitrogens with one attached hydrogen (secondary N) is 2. The van der Waals surface area contributed by atoms with E-state index in [9.17, 15) is 9.59 Å². The molecule has 0 aliphatic carbocycles. The predicted molar refractivity (Wildman–Crippen MR) is 68.8 cm³/mol. The summed E-state index contributed by atoms with van der Waals surface area (Å²) >= 11 is 0. The Labute approximate surface area is 108 Å². The van der Waals surface area contributed by atoms with Crippen molar-refractivity contribution in [2.45, 2.75) is 26.2 Å². The average molecular weight is 264 g/mol. The Balaban J connectivity index is 0.00000256. The van der Waals surface area contributed by atoms with Crippen LogP contribution in [0.2, 0.25) is 0 Å². The minimum absolute atomic E-state index is 0. The van der Waals surface area contributed by atoms with Crippen LogP contribution in [0.1, 0.15) is 26.2 Å². The van der Waals surface area contributed by atoms with Gasteiger partial charge < -0.3 is 16.4 Å². The highest BCUT2D eigenvalue weighted by atomic mass is 35.5. The van der Waals surface area contributed by atoms with Crippen molar-refractivity contribution in [1.29, 1.82) is 0 Å². The van der Waals surface area contributed by atoms with Crippen LogP contribution in [-0.4, -0.2) is 31.4 Å². The molecule has 100 valence electrons. The van der Waals surface area contributed by atoms with Gasteiger partial charge in [0.2, 0.25) is 11.8 Å². The third-order valence-corrected chi connectivity index (χ3v) is 3.11. The zero-order valence-electron chi connectivity index (χ0n) is 10.2. The van der Waals surface area contributed by atoms with E-state index in [0.717, 1.165) is 13.1 Å². The van der Waals surface area contributed by atoms with E-state index in [0.29, 0.717) is 18.3 Å². The molecule has 1 fully saturated rings. The van der Waals surface area contributed by atoms with Crippen LogP contribution in [-0.2, 0) is 9.59 Å². The second-order valence-electron chi connectivity index (χ2n) is 4.53. The normalized spacial score (nSPS) is 21.1. The Bertz CT molecular complexity index is 255. The molecular formula is C11H22ClN3O2. The molecule has 6 heteroatoms. The molecule has 5 nitrogen and oxygen atoms in total. The zero-order chi connectivity index (χ0) is 12.0. The first-order chi connectivity index (χ1) is 7.59. The first-order valence-corrected chi connectivity index (χ1v) is 5.85. The van der Waals surface area contributed by atoms with Gasteiger partial charge in [0.15, 0.2) is 0 Å². The molecular weight excluding hydrogens is 242 g/mol. The fourth-order valence-corrected chi connectivity index (χ4v) is 2.08. The lowest BCUT2D eigenvalue weighted by atomic mass is 9.85. The quantitative estimate of drug-likeness (QED) is 0.655. The van der Waals surface area contributed by atoms with E-state index in [4.69, 9.17) is 5.73 Å². The molecule has 0 aromatic carbocycles. The first-order valence-electron chi connectivity index (χ1n) is 5.85. The lowest BCUT2D eigenvalue weighted by Crippen LogP contribution is -2.37. The number of hydrogen-bond acceptors (Lipinski definition) is 3. The van der Waals surface area contributed by atoms with Crippen molar-refractivity contribution in [1.82, 2.24) is 10.6 Å². The minimum atomic E-state index is -0.500. The lowest BCUT2D eigenvalue weighted by molar-refractivity contribution is -0.125. The number of primary amides is 1. The van der Waals surface area contributed by atoms with Crippen LogP contribution >= 0.6 is 12.4 Å². The van der Waals surface area contributed by atoms with Gasteiger partial charge in [-0.1, -0.05) is 6.92 Å². The number of nitrogens with two attached hydrogens (primary N) is 1. The molecule has 0 saturated carbocycles. The van der Waals surface area contributed by atoms with Crippen LogP contribution in [0.15, 0.2) is 0 Å². The molecule has 2 unspecified atom stereocenters. The average Bonchev–Trinajstić information content (AvgIpc) is 2.27. The summed E-state index contributed by atoms with van der Waals surface area (Å²) in [5, 5.41) is 5.85. The summed E-state index contributed by atoms with van der Waals surface area (Å²) in [6, 6.07) is 0. The first kappa shape index (κ1) is 16.2. The topological polar surface area (TPSA) is 84.2 Å². The van der Waals surface area contributed by atoms with Crippen LogP contribution in [0.3, 0.4) is 0 Å². The molecule has 4 N–H and O–H groups in total. The number of halogens is 1. The highest BCUT2D eigenvalue weighted by Crippen LogP contribution is 2.22. The molecule has 0 bridgehead atoms. The molecule has 2 amide bonds. The summed E-state index contributed by atoms with van der Waals surface area (Å²) in [5.74, 6) is 0.325. The monoisotopic (exact) mass is 263 g/mol. The molecule has 1 aliphatic heterocycles. The largest absolute Gasteiger partial charge is 0.368 e. The van der Waals surface area contributed by atoms with Crippen LogP contribution in [0.5, 0.6) is 0 Å². The van der Waals surface area contributed by atoms with Crippen molar-refractivity contribution in [3.63, 3.8) is 0 Å². The Morgan fingerprint density at radius 1 is 1.53 bits per heavy atom. The van der Waals surface area contributed by atoms with Crippen LogP contribution < -0.4 is 16.4 Å². The van der Waals surface area contributed by atoms with Gasteiger partial charge >= 0.3 is 0 Å². The number of piperidine rings is 1.